The maximum Gasteiger partial charge on any atom is 0.416 e. The summed E-state index contributed by atoms with van der Waals surface area (Å²) in [6.45, 7) is 5.21. The Balaban J connectivity index is 1.65. The quantitative estimate of drug-likeness (QED) is 0.819. The molecule has 1 aliphatic rings. The fourth-order valence-electron chi connectivity index (χ4n) is 3.19. The highest BCUT2D eigenvalue weighted by atomic mass is 19.4. The van der Waals surface area contributed by atoms with E-state index in [9.17, 15) is 22.8 Å². The van der Waals surface area contributed by atoms with Gasteiger partial charge in [-0.15, -0.1) is 0 Å². The second kappa shape index (κ2) is 7.49. The highest BCUT2D eigenvalue weighted by molar-refractivity contribution is 5.89. The molecule has 1 aromatic carbocycles. The first-order chi connectivity index (χ1) is 13.5. The Morgan fingerprint density at radius 2 is 2.07 bits per heavy atom. The molecule has 156 valence electrons. The van der Waals surface area contributed by atoms with Gasteiger partial charge in [-0.1, -0.05) is 17.3 Å². The molecular weight excluding hydrogens is 389 g/mol. The fraction of sp³-hybridized carbons (Fsp3) is 0.474. The van der Waals surface area contributed by atoms with Gasteiger partial charge in [0.25, 0.3) is 0 Å². The van der Waals surface area contributed by atoms with E-state index in [0.717, 1.165) is 12.1 Å². The van der Waals surface area contributed by atoms with Crippen molar-refractivity contribution in [3.8, 4) is 0 Å². The maximum absolute atomic E-state index is 12.9. The van der Waals surface area contributed by atoms with Gasteiger partial charge in [0.2, 0.25) is 17.7 Å². The lowest BCUT2D eigenvalue weighted by Gasteiger charge is -2.24. The van der Waals surface area contributed by atoms with E-state index >= 15 is 0 Å². The van der Waals surface area contributed by atoms with Crippen molar-refractivity contribution in [3.63, 3.8) is 0 Å². The van der Waals surface area contributed by atoms with Crippen LogP contribution in [-0.2, 0) is 27.8 Å². The van der Waals surface area contributed by atoms with Gasteiger partial charge in [-0.2, -0.15) is 18.2 Å². The number of carbonyl (C=O) groups excluding carboxylic acids is 2. The zero-order chi connectivity index (χ0) is 21.4. The predicted molar refractivity (Wildman–Crippen MR) is 95.2 cm³/mol. The van der Waals surface area contributed by atoms with Crippen molar-refractivity contribution in [2.24, 2.45) is 5.92 Å². The van der Waals surface area contributed by atoms with E-state index in [4.69, 9.17) is 4.52 Å². The van der Waals surface area contributed by atoms with Crippen LogP contribution < -0.4 is 5.32 Å². The number of carbonyl (C=O) groups is 2. The largest absolute Gasteiger partial charge is 0.416 e. The molecule has 29 heavy (non-hydrogen) atoms. The monoisotopic (exact) mass is 410 g/mol. The highest BCUT2D eigenvalue weighted by Crippen LogP contribution is 2.30. The maximum atomic E-state index is 12.9. The molecule has 3 rings (SSSR count). The van der Waals surface area contributed by atoms with Gasteiger partial charge in [0.1, 0.15) is 0 Å². The Morgan fingerprint density at radius 1 is 1.34 bits per heavy atom. The Morgan fingerprint density at radius 3 is 2.69 bits per heavy atom. The number of nitrogens with zero attached hydrogens (tertiary/aromatic N) is 3. The molecule has 2 heterocycles. The van der Waals surface area contributed by atoms with Crippen LogP contribution in [0, 0.1) is 12.8 Å². The van der Waals surface area contributed by atoms with Gasteiger partial charge in [-0.25, -0.2) is 0 Å². The molecule has 1 saturated heterocycles. The number of aromatic nitrogens is 2. The number of nitrogens with one attached hydrogen (secondary N) is 1. The van der Waals surface area contributed by atoms with Crippen LogP contribution in [0.2, 0.25) is 0 Å². The third-order valence-electron chi connectivity index (χ3n) is 4.74. The second-order valence-corrected chi connectivity index (χ2v) is 7.62. The van der Waals surface area contributed by atoms with Crippen molar-refractivity contribution < 1.29 is 27.3 Å². The van der Waals surface area contributed by atoms with E-state index in [-0.39, 0.29) is 31.3 Å². The van der Waals surface area contributed by atoms with Crippen LogP contribution in [0.1, 0.15) is 43.1 Å². The van der Waals surface area contributed by atoms with Gasteiger partial charge in [-0.05, 0) is 31.5 Å². The molecule has 1 N–H and O–H groups in total. The third kappa shape index (κ3) is 4.75. The van der Waals surface area contributed by atoms with Crippen LogP contribution in [0.4, 0.5) is 13.2 Å². The number of benzene rings is 1. The van der Waals surface area contributed by atoms with E-state index < -0.39 is 23.2 Å². The Kier molecular flexibility index (Phi) is 5.38. The number of rotatable bonds is 5. The van der Waals surface area contributed by atoms with Crippen LogP contribution in [0.3, 0.4) is 0 Å². The summed E-state index contributed by atoms with van der Waals surface area (Å²) in [5.41, 5.74) is -1.31. The summed E-state index contributed by atoms with van der Waals surface area (Å²) >= 11 is 0. The van der Waals surface area contributed by atoms with Gasteiger partial charge in [0.05, 0.1) is 17.0 Å². The summed E-state index contributed by atoms with van der Waals surface area (Å²) in [7, 11) is 0. The molecule has 1 atom stereocenters. The summed E-state index contributed by atoms with van der Waals surface area (Å²) < 4.78 is 43.6. The van der Waals surface area contributed by atoms with Gasteiger partial charge in [-0.3, -0.25) is 9.59 Å². The first-order valence-electron chi connectivity index (χ1n) is 9.02. The van der Waals surface area contributed by atoms with Crippen molar-refractivity contribution in [1.82, 2.24) is 20.4 Å². The molecular formula is C19H21F3N4O3. The minimum absolute atomic E-state index is 0.00779. The van der Waals surface area contributed by atoms with Gasteiger partial charge >= 0.3 is 6.18 Å². The molecule has 2 aromatic rings. The van der Waals surface area contributed by atoms with Crippen molar-refractivity contribution >= 4 is 11.8 Å². The summed E-state index contributed by atoms with van der Waals surface area (Å²) in [4.78, 5) is 30.5. The fourth-order valence-corrected chi connectivity index (χ4v) is 3.19. The highest BCUT2D eigenvalue weighted by Gasteiger charge is 2.38. The summed E-state index contributed by atoms with van der Waals surface area (Å²) in [6.07, 6.45) is -4.46. The summed E-state index contributed by atoms with van der Waals surface area (Å²) in [5, 5.41) is 6.62. The lowest BCUT2D eigenvalue weighted by atomic mass is 10.0. The minimum Gasteiger partial charge on any atom is -0.343 e. The molecule has 2 amide bonds. The molecule has 0 bridgehead atoms. The van der Waals surface area contributed by atoms with E-state index in [1.54, 1.807) is 20.8 Å². The normalized spacial score (nSPS) is 17.7. The Hall–Kier alpha value is -2.91. The standard InChI is InChI=1S/C19H21F3N4O3/c1-11-23-17(25-29-11)18(2,3)24-16(28)13-8-15(27)26(10-13)9-12-5-4-6-14(7-12)19(20,21)22/h4-7,13H,8-10H2,1-3H3,(H,24,28). The smallest absolute Gasteiger partial charge is 0.343 e. The van der Waals surface area contributed by atoms with E-state index in [0.29, 0.717) is 17.3 Å². The zero-order valence-electron chi connectivity index (χ0n) is 16.2. The molecule has 0 saturated carbocycles. The summed E-state index contributed by atoms with van der Waals surface area (Å²) in [6, 6.07) is 4.82. The van der Waals surface area contributed by atoms with Crippen LogP contribution in [0.5, 0.6) is 0 Å². The number of alkyl halides is 3. The van der Waals surface area contributed by atoms with Gasteiger partial charge < -0.3 is 14.7 Å². The molecule has 1 aliphatic heterocycles. The first kappa shape index (κ1) is 20.8. The molecule has 0 radical (unpaired) electrons. The number of amides is 2. The number of aryl methyl sites for hydroxylation is 1. The van der Waals surface area contributed by atoms with Gasteiger partial charge in [0.15, 0.2) is 5.82 Å². The number of hydrogen-bond acceptors (Lipinski definition) is 5. The van der Waals surface area contributed by atoms with Crippen molar-refractivity contribution in [3.05, 3.63) is 47.1 Å². The molecule has 1 unspecified atom stereocenters. The van der Waals surface area contributed by atoms with Crippen LogP contribution in [-0.4, -0.2) is 33.4 Å². The molecule has 0 spiro atoms. The summed E-state index contributed by atoms with van der Waals surface area (Å²) in [5.74, 6) is -0.562. The molecule has 7 nitrogen and oxygen atoms in total. The van der Waals surface area contributed by atoms with Crippen LogP contribution >= 0.6 is 0 Å². The number of likely N-dealkylation sites (tertiary alicyclic amines) is 1. The zero-order valence-corrected chi connectivity index (χ0v) is 16.2. The first-order valence-corrected chi connectivity index (χ1v) is 9.02. The average molecular weight is 410 g/mol. The number of hydrogen-bond donors (Lipinski definition) is 1. The van der Waals surface area contributed by atoms with Crippen molar-refractivity contribution in [2.75, 3.05) is 6.54 Å². The molecule has 1 fully saturated rings. The second-order valence-electron chi connectivity index (χ2n) is 7.62. The van der Waals surface area contributed by atoms with Crippen molar-refractivity contribution in [2.45, 2.75) is 45.5 Å². The van der Waals surface area contributed by atoms with Gasteiger partial charge in [0, 0.05) is 26.4 Å². The molecule has 10 heteroatoms. The predicted octanol–water partition coefficient (Wildman–Crippen LogP) is 2.80. The minimum atomic E-state index is -4.45. The topological polar surface area (TPSA) is 88.3 Å². The Bertz CT molecular complexity index is 923. The van der Waals surface area contributed by atoms with Crippen LogP contribution in [0.15, 0.2) is 28.8 Å². The number of halogens is 3. The van der Waals surface area contributed by atoms with Crippen LogP contribution in [0.25, 0.3) is 0 Å². The lowest BCUT2D eigenvalue weighted by Crippen LogP contribution is -2.45. The van der Waals surface area contributed by atoms with E-state index in [1.807, 2.05) is 0 Å². The van der Waals surface area contributed by atoms with E-state index in [2.05, 4.69) is 15.5 Å². The van der Waals surface area contributed by atoms with E-state index in [1.165, 1.54) is 17.0 Å². The lowest BCUT2D eigenvalue weighted by molar-refractivity contribution is -0.137. The average Bonchev–Trinajstić information content (AvgIpc) is 3.21. The Labute approximate surface area is 165 Å². The third-order valence-corrected chi connectivity index (χ3v) is 4.74. The SMILES string of the molecule is Cc1nc(C(C)(C)NC(=O)C2CC(=O)N(Cc3cccc(C(F)(F)F)c3)C2)no1. The molecule has 1 aromatic heterocycles. The van der Waals surface area contributed by atoms with Crippen molar-refractivity contribution in [1.29, 1.82) is 0 Å². The molecule has 0 aliphatic carbocycles.